The SMILES string of the molecule is CC1=CC(=O)CN1C(=O)OC(C)(C)C. The molecule has 1 amide bonds. The molecular weight excluding hydrogens is 182 g/mol. The van der Waals surface area contributed by atoms with E-state index in [1.54, 1.807) is 27.7 Å². The lowest BCUT2D eigenvalue weighted by Crippen LogP contribution is -2.35. The smallest absolute Gasteiger partial charge is 0.414 e. The summed E-state index contributed by atoms with van der Waals surface area (Å²) in [5, 5.41) is 0. The standard InChI is InChI=1S/C10H15NO3/c1-7-5-8(12)6-11(7)9(13)14-10(2,3)4/h5H,6H2,1-4H3. The normalized spacial score (nSPS) is 17.0. The summed E-state index contributed by atoms with van der Waals surface area (Å²) in [7, 11) is 0. The van der Waals surface area contributed by atoms with Crippen molar-refractivity contribution in [3.8, 4) is 0 Å². The van der Waals surface area contributed by atoms with Crippen LogP contribution in [0, 0.1) is 0 Å². The molecule has 0 aromatic carbocycles. The summed E-state index contributed by atoms with van der Waals surface area (Å²) in [5.41, 5.74) is 0.118. The fraction of sp³-hybridized carbons (Fsp3) is 0.600. The number of carbonyl (C=O) groups excluding carboxylic acids is 2. The summed E-state index contributed by atoms with van der Waals surface area (Å²) in [6, 6.07) is 0. The Balaban J connectivity index is 2.64. The molecule has 4 nitrogen and oxygen atoms in total. The third kappa shape index (κ3) is 2.58. The first kappa shape index (κ1) is 10.8. The third-order valence-corrected chi connectivity index (χ3v) is 1.72. The third-order valence-electron chi connectivity index (χ3n) is 1.72. The zero-order valence-electron chi connectivity index (χ0n) is 8.96. The van der Waals surface area contributed by atoms with E-state index in [4.69, 9.17) is 4.74 Å². The number of amides is 1. The Bertz CT molecular complexity index is 299. The van der Waals surface area contributed by atoms with Gasteiger partial charge in [0.25, 0.3) is 0 Å². The zero-order chi connectivity index (χ0) is 10.9. The fourth-order valence-corrected chi connectivity index (χ4v) is 1.16. The molecule has 0 bridgehead atoms. The van der Waals surface area contributed by atoms with E-state index in [0.717, 1.165) is 0 Å². The Morgan fingerprint density at radius 2 is 2.07 bits per heavy atom. The number of carbonyl (C=O) groups is 2. The summed E-state index contributed by atoms with van der Waals surface area (Å²) in [6.07, 6.45) is 0.987. The molecule has 0 unspecified atom stereocenters. The molecule has 1 aliphatic rings. The Morgan fingerprint density at radius 1 is 1.50 bits per heavy atom. The van der Waals surface area contributed by atoms with Crippen LogP contribution in [0.3, 0.4) is 0 Å². The van der Waals surface area contributed by atoms with Crippen LogP contribution in [0.4, 0.5) is 4.79 Å². The highest BCUT2D eigenvalue weighted by molar-refractivity contribution is 5.97. The number of hydrogen-bond donors (Lipinski definition) is 0. The molecule has 0 saturated carbocycles. The van der Waals surface area contributed by atoms with Crippen LogP contribution in [0.5, 0.6) is 0 Å². The van der Waals surface area contributed by atoms with E-state index >= 15 is 0 Å². The highest BCUT2D eigenvalue weighted by atomic mass is 16.6. The van der Waals surface area contributed by atoms with Gasteiger partial charge in [-0.15, -0.1) is 0 Å². The maximum atomic E-state index is 11.5. The van der Waals surface area contributed by atoms with Crippen molar-refractivity contribution in [2.75, 3.05) is 6.54 Å². The Kier molecular flexibility index (Phi) is 2.64. The van der Waals surface area contributed by atoms with Gasteiger partial charge in [-0.2, -0.15) is 0 Å². The first-order chi connectivity index (χ1) is 6.29. The second-order valence-corrected chi connectivity index (χ2v) is 4.32. The molecule has 14 heavy (non-hydrogen) atoms. The predicted molar refractivity (Wildman–Crippen MR) is 51.7 cm³/mol. The maximum absolute atomic E-state index is 11.5. The van der Waals surface area contributed by atoms with E-state index in [0.29, 0.717) is 5.70 Å². The van der Waals surface area contributed by atoms with Crippen molar-refractivity contribution in [2.24, 2.45) is 0 Å². The largest absolute Gasteiger partial charge is 0.443 e. The first-order valence-electron chi connectivity index (χ1n) is 4.51. The van der Waals surface area contributed by atoms with Gasteiger partial charge in [0.1, 0.15) is 5.60 Å². The minimum Gasteiger partial charge on any atom is -0.443 e. The lowest BCUT2D eigenvalue weighted by Gasteiger charge is -2.24. The van der Waals surface area contributed by atoms with Crippen molar-refractivity contribution in [2.45, 2.75) is 33.3 Å². The van der Waals surface area contributed by atoms with E-state index in [9.17, 15) is 9.59 Å². The van der Waals surface area contributed by atoms with Crippen LogP contribution in [0.25, 0.3) is 0 Å². The molecule has 1 heterocycles. The van der Waals surface area contributed by atoms with Gasteiger partial charge in [0, 0.05) is 11.8 Å². The average molecular weight is 197 g/mol. The second kappa shape index (κ2) is 3.44. The number of allylic oxidation sites excluding steroid dienone is 1. The number of nitrogens with zero attached hydrogens (tertiary/aromatic N) is 1. The topological polar surface area (TPSA) is 46.6 Å². The fourth-order valence-electron chi connectivity index (χ4n) is 1.16. The molecule has 1 rings (SSSR count). The van der Waals surface area contributed by atoms with Crippen molar-refractivity contribution >= 4 is 11.9 Å². The van der Waals surface area contributed by atoms with E-state index in [1.807, 2.05) is 0 Å². The molecule has 78 valence electrons. The van der Waals surface area contributed by atoms with Crippen LogP contribution in [0.1, 0.15) is 27.7 Å². The van der Waals surface area contributed by atoms with Crippen LogP contribution in [-0.4, -0.2) is 28.9 Å². The van der Waals surface area contributed by atoms with Crippen LogP contribution in [0.15, 0.2) is 11.8 Å². The van der Waals surface area contributed by atoms with E-state index in [1.165, 1.54) is 11.0 Å². The zero-order valence-corrected chi connectivity index (χ0v) is 8.96. The van der Waals surface area contributed by atoms with Crippen molar-refractivity contribution < 1.29 is 14.3 Å². The molecule has 0 saturated heterocycles. The average Bonchev–Trinajstić information content (AvgIpc) is 2.26. The van der Waals surface area contributed by atoms with Gasteiger partial charge in [0.2, 0.25) is 0 Å². The number of hydrogen-bond acceptors (Lipinski definition) is 3. The second-order valence-electron chi connectivity index (χ2n) is 4.32. The summed E-state index contributed by atoms with van der Waals surface area (Å²) >= 11 is 0. The van der Waals surface area contributed by atoms with E-state index in [-0.39, 0.29) is 12.3 Å². The van der Waals surface area contributed by atoms with Gasteiger partial charge in [-0.25, -0.2) is 4.79 Å². The Morgan fingerprint density at radius 3 is 2.43 bits per heavy atom. The van der Waals surface area contributed by atoms with Crippen molar-refractivity contribution in [3.05, 3.63) is 11.8 Å². The number of ketones is 1. The quantitative estimate of drug-likeness (QED) is 0.594. The lowest BCUT2D eigenvalue weighted by molar-refractivity contribution is -0.114. The summed E-state index contributed by atoms with van der Waals surface area (Å²) in [5.74, 6) is -0.0617. The highest BCUT2D eigenvalue weighted by Gasteiger charge is 2.28. The van der Waals surface area contributed by atoms with Gasteiger partial charge < -0.3 is 4.74 Å². The molecule has 1 aliphatic heterocycles. The molecule has 4 heteroatoms. The molecule has 0 aromatic rings. The predicted octanol–water partition coefficient (Wildman–Crippen LogP) is 1.71. The molecule has 0 spiro atoms. The van der Waals surface area contributed by atoms with Crippen molar-refractivity contribution in [3.63, 3.8) is 0 Å². The molecule has 0 aliphatic carbocycles. The molecule has 0 N–H and O–H groups in total. The number of ether oxygens (including phenoxy) is 1. The van der Waals surface area contributed by atoms with Crippen LogP contribution in [-0.2, 0) is 9.53 Å². The lowest BCUT2D eigenvalue weighted by atomic mass is 10.2. The molecule has 0 radical (unpaired) electrons. The van der Waals surface area contributed by atoms with Crippen LogP contribution >= 0.6 is 0 Å². The first-order valence-corrected chi connectivity index (χ1v) is 4.51. The van der Waals surface area contributed by atoms with Gasteiger partial charge in [0.15, 0.2) is 5.78 Å². The van der Waals surface area contributed by atoms with Crippen molar-refractivity contribution in [1.29, 1.82) is 0 Å². The maximum Gasteiger partial charge on any atom is 0.414 e. The molecule has 0 fully saturated rings. The van der Waals surface area contributed by atoms with Gasteiger partial charge in [-0.1, -0.05) is 0 Å². The van der Waals surface area contributed by atoms with Crippen molar-refractivity contribution in [1.82, 2.24) is 4.90 Å². The van der Waals surface area contributed by atoms with Gasteiger partial charge in [0.05, 0.1) is 6.54 Å². The minimum atomic E-state index is -0.525. The van der Waals surface area contributed by atoms with Crippen LogP contribution < -0.4 is 0 Å². The van der Waals surface area contributed by atoms with Gasteiger partial charge in [-0.3, -0.25) is 9.69 Å². The van der Waals surface area contributed by atoms with Crippen LogP contribution in [0.2, 0.25) is 0 Å². The molecule has 0 atom stereocenters. The summed E-state index contributed by atoms with van der Waals surface area (Å²) in [6.45, 7) is 7.20. The summed E-state index contributed by atoms with van der Waals surface area (Å²) < 4.78 is 5.13. The summed E-state index contributed by atoms with van der Waals surface area (Å²) in [4.78, 5) is 23.9. The van der Waals surface area contributed by atoms with E-state index in [2.05, 4.69) is 0 Å². The van der Waals surface area contributed by atoms with Gasteiger partial charge >= 0.3 is 6.09 Å². The molecule has 0 aromatic heterocycles. The Labute approximate surface area is 83.5 Å². The highest BCUT2D eigenvalue weighted by Crippen LogP contribution is 2.16. The number of rotatable bonds is 0. The van der Waals surface area contributed by atoms with E-state index < -0.39 is 11.7 Å². The molecular formula is C10H15NO3. The monoisotopic (exact) mass is 197 g/mol. The Hall–Kier alpha value is -1.32. The van der Waals surface area contributed by atoms with Gasteiger partial charge in [-0.05, 0) is 27.7 Å². The minimum absolute atomic E-state index is 0.0617.